The number of carbonyl (C=O) groups is 1. The molecule has 106 valence electrons. The van der Waals surface area contributed by atoms with Crippen LogP contribution in [-0.4, -0.2) is 25.7 Å². The lowest BCUT2D eigenvalue weighted by Crippen LogP contribution is -2.37. The molecule has 1 unspecified atom stereocenters. The van der Waals surface area contributed by atoms with Gasteiger partial charge in [0.15, 0.2) is 0 Å². The number of amides is 1. The molecule has 0 aliphatic carbocycles. The molecule has 0 saturated heterocycles. The van der Waals surface area contributed by atoms with Crippen LogP contribution in [0.5, 0.6) is 0 Å². The number of aryl methyl sites for hydroxylation is 1. The van der Waals surface area contributed by atoms with Gasteiger partial charge in [0.05, 0.1) is 6.61 Å². The highest BCUT2D eigenvalue weighted by atomic mass is 16.5. The van der Waals surface area contributed by atoms with E-state index in [0.717, 1.165) is 10.9 Å². The number of rotatable bonds is 4. The van der Waals surface area contributed by atoms with Gasteiger partial charge in [-0.1, -0.05) is 18.2 Å². The Balaban J connectivity index is 2.38. The molecule has 1 N–H and O–H groups in total. The number of nitrogens with one attached hydrogen (secondary N) is 1. The van der Waals surface area contributed by atoms with E-state index in [0.29, 0.717) is 12.2 Å². The van der Waals surface area contributed by atoms with Gasteiger partial charge in [0.2, 0.25) is 0 Å². The largest absolute Gasteiger partial charge is 0.422 e. The molecular formula is C15H17NO4. The lowest BCUT2D eigenvalue weighted by atomic mass is 10.1. The maximum absolute atomic E-state index is 12.1. The summed E-state index contributed by atoms with van der Waals surface area (Å²) in [5.41, 5.74) is 0.748. The minimum Gasteiger partial charge on any atom is -0.422 e. The normalized spacial score (nSPS) is 12.3. The predicted molar refractivity (Wildman–Crippen MR) is 76.0 cm³/mol. The number of para-hydroxylation sites is 1. The summed E-state index contributed by atoms with van der Waals surface area (Å²) in [7, 11) is 1.55. The first kappa shape index (κ1) is 14.3. The fourth-order valence-electron chi connectivity index (χ4n) is 2.04. The number of hydrogen-bond donors (Lipinski definition) is 1. The Hall–Kier alpha value is -2.14. The van der Waals surface area contributed by atoms with Crippen LogP contribution in [-0.2, 0) is 4.74 Å². The van der Waals surface area contributed by atoms with Crippen molar-refractivity contribution in [2.45, 2.75) is 19.9 Å². The number of fused-ring (bicyclic) bond motifs is 1. The number of benzene rings is 1. The van der Waals surface area contributed by atoms with Crippen LogP contribution in [0, 0.1) is 6.92 Å². The smallest absolute Gasteiger partial charge is 0.349 e. The summed E-state index contributed by atoms with van der Waals surface area (Å²) >= 11 is 0. The van der Waals surface area contributed by atoms with Crippen molar-refractivity contribution in [3.63, 3.8) is 0 Å². The van der Waals surface area contributed by atoms with Crippen molar-refractivity contribution in [3.8, 4) is 0 Å². The second-order valence-electron chi connectivity index (χ2n) is 4.77. The molecule has 1 heterocycles. The Kier molecular flexibility index (Phi) is 4.20. The van der Waals surface area contributed by atoms with E-state index in [9.17, 15) is 9.59 Å². The van der Waals surface area contributed by atoms with Crippen molar-refractivity contribution < 1.29 is 13.9 Å². The molecule has 2 rings (SSSR count). The van der Waals surface area contributed by atoms with Crippen LogP contribution < -0.4 is 10.9 Å². The van der Waals surface area contributed by atoms with Gasteiger partial charge in [-0.3, -0.25) is 4.79 Å². The number of ether oxygens (including phenoxy) is 1. The van der Waals surface area contributed by atoms with Crippen molar-refractivity contribution >= 4 is 16.9 Å². The molecule has 0 radical (unpaired) electrons. The zero-order valence-electron chi connectivity index (χ0n) is 11.7. The Morgan fingerprint density at radius 3 is 2.90 bits per heavy atom. The fraction of sp³-hybridized carbons (Fsp3) is 0.333. The molecular weight excluding hydrogens is 258 g/mol. The summed E-state index contributed by atoms with van der Waals surface area (Å²) in [6.07, 6.45) is 0. The van der Waals surface area contributed by atoms with Crippen molar-refractivity contribution in [1.82, 2.24) is 5.32 Å². The lowest BCUT2D eigenvalue weighted by Gasteiger charge is -2.12. The molecule has 0 spiro atoms. The van der Waals surface area contributed by atoms with Crippen LogP contribution in [0.2, 0.25) is 0 Å². The molecule has 1 atom stereocenters. The zero-order valence-corrected chi connectivity index (χ0v) is 11.7. The maximum Gasteiger partial charge on any atom is 0.349 e. The molecule has 20 heavy (non-hydrogen) atoms. The van der Waals surface area contributed by atoms with Gasteiger partial charge < -0.3 is 14.5 Å². The van der Waals surface area contributed by atoms with Gasteiger partial charge in [-0.2, -0.15) is 0 Å². The van der Waals surface area contributed by atoms with Gasteiger partial charge in [-0.05, 0) is 25.5 Å². The molecule has 5 nitrogen and oxygen atoms in total. The molecule has 0 saturated carbocycles. The first-order valence-corrected chi connectivity index (χ1v) is 6.36. The molecule has 0 bridgehead atoms. The van der Waals surface area contributed by atoms with E-state index >= 15 is 0 Å². The van der Waals surface area contributed by atoms with Gasteiger partial charge >= 0.3 is 5.63 Å². The van der Waals surface area contributed by atoms with Crippen molar-refractivity contribution in [3.05, 3.63) is 45.8 Å². The molecule has 1 aromatic heterocycles. The first-order chi connectivity index (χ1) is 9.52. The molecule has 0 aliphatic rings. The van der Waals surface area contributed by atoms with Crippen LogP contribution in [0.1, 0.15) is 22.8 Å². The van der Waals surface area contributed by atoms with Crippen LogP contribution >= 0.6 is 0 Å². The van der Waals surface area contributed by atoms with Gasteiger partial charge in [0, 0.05) is 18.5 Å². The Morgan fingerprint density at radius 1 is 1.45 bits per heavy atom. The minimum atomic E-state index is -0.631. The van der Waals surface area contributed by atoms with E-state index in [-0.39, 0.29) is 11.6 Å². The number of methoxy groups -OCH3 is 1. The average molecular weight is 275 g/mol. The van der Waals surface area contributed by atoms with Crippen LogP contribution in [0.25, 0.3) is 11.0 Å². The standard InChI is InChI=1S/C15H17NO4/c1-9-5-4-6-11-7-12(15(18)20-13(9)11)14(17)16-10(2)8-19-3/h4-7,10H,8H2,1-3H3,(H,16,17). The van der Waals surface area contributed by atoms with Crippen molar-refractivity contribution in [2.24, 2.45) is 0 Å². The molecule has 1 aromatic carbocycles. The third kappa shape index (κ3) is 2.88. The molecule has 1 amide bonds. The summed E-state index contributed by atoms with van der Waals surface area (Å²) < 4.78 is 10.2. The Bertz CT molecular complexity index is 690. The van der Waals surface area contributed by atoms with E-state index in [4.69, 9.17) is 9.15 Å². The summed E-state index contributed by atoms with van der Waals surface area (Å²) in [5, 5.41) is 3.42. The molecule has 2 aromatic rings. The molecule has 0 fully saturated rings. The second kappa shape index (κ2) is 5.88. The average Bonchev–Trinajstić information content (AvgIpc) is 2.39. The van der Waals surface area contributed by atoms with E-state index < -0.39 is 11.5 Å². The molecule has 0 aliphatic heterocycles. The van der Waals surface area contributed by atoms with Crippen LogP contribution in [0.3, 0.4) is 0 Å². The van der Waals surface area contributed by atoms with E-state index in [1.54, 1.807) is 26.2 Å². The van der Waals surface area contributed by atoms with Gasteiger partial charge in [-0.15, -0.1) is 0 Å². The zero-order chi connectivity index (χ0) is 14.7. The highest BCUT2D eigenvalue weighted by molar-refractivity contribution is 5.97. The van der Waals surface area contributed by atoms with Crippen molar-refractivity contribution in [1.29, 1.82) is 0 Å². The fourth-order valence-corrected chi connectivity index (χ4v) is 2.04. The van der Waals surface area contributed by atoms with E-state index in [1.807, 2.05) is 19.1 Å². The Morgan fingerprint density at radius 2 is 2.20 bits per heavy atom. The highest BCUT2D eigenvalue weighted by Crippen LogP contribution is 2.17. The maximum atomic E-state index is 12.1. The quantitative estimate of drug-likeness (QED) is 0.865. The lowest BCUT2D eigenvalue weighted by molar-refractivity contribution is 0.0902. The van der Waals surface area contributed by atoms with Gasteiger partial charge in [0.25, 0.3) is 5.91 Å². The van der Waals surface area contributed by atoms with E-state index in [2.05, 4.69) is 5.32 Å². The third-order valence-corrected chi connectivity index (χ3v) is 3.00. The minimum absolute atomic E-state index is 0.00560. The summed E-state index contributed by atoms with van der Waals surface area (Å²) in [5.74, 6) is -0.452. The SMILES string of the molecule is COCC(C)NC(=O)c1cc2cccc(C)c2oc1=O. The van der Waals surface area contributed by atoms with Crippen molar-refractivity contribution in [2.75, 3.05) is 13.7 Å². The predicted octanol–water partition coefficient (Wildman–Crippen LogP) is 1.87. The Labute approximate surface area is 116 Å². The number of hydrogen-bond acceptors (Lipinski definition) is 4. The van der Waals surface area contributed by atoms with Crippen LogP contribution in [0.4, 0.5) is 0 Å². The monoisotopic (exact) mass is 275 g/mol. The number of carbonyl (C=O) groups excluding carboxylic acids is 1. The highest BCUT2D eigenvalue weighted by Gasteiger charge is 2.16. The van der Waals surface area contributed by atoms with Gasteiger partial charge in [0.1, 0.15) is 11.1 Å². The summed E-state index contributed by atoms with van der Waals surface area (Å²) in [4.78, 5) is 24.0. The van der Waals surface area contributed by atoms with E-state index in [1.165, 1.54) is 0 Å². The summed E-state index contributed by atoms with van der Waals surface area (Å²) in [6.45, 7) is 4.03. The van der Waals surface area contributed by atoms with Gasteiger partial charge in [-0.25, -0.2) is 4.79 Å². The topological polar surface area (TPSA) is 68.5 Å². The second-order valence-corrected chi connectivity index (χ2v) is 4.77. The van der Waals surface area contributed by atoms with Crippen LogP contribution in [0.15, 0.2) is 33.5 Å². The first-order valence-electron chi connectivity index (χ1n) is 6.36. The third-order valence-electron chi connectivity index (χ3n) is 3.00. The summed E-state index contributed by atoms with van der Waals surface area (Å²) in [6, 6.07) is 6.89. The molecule has 5 heteroatoms.